The van der Waals surface area contributed by atoms with Crippen molar-refractivity contribution in [1.29, 1.82) is 0 Å². The Hall–Kier alpha value is -3.19. The molecule has 6 nitrogen and oxygen atoms in total. The molecule has 2 aromatic rings. The lowest BCUT2D eigenvalue weighted by atomic mass is 9.93. The number of piperidine rings is 1. The molecule has 180 valence electrons. The Morgan fingerprint density at radius 2 is 1.71 bits per heavy atom. The lowest BCUT2D eigenvalue weighted by molar-refractivity contribution is -0.185. The second-order valence-corrected chi connectivity index (χ2v) is 9.47. The molecule has 3 aliphatic heterocycles. The highest BCUT2D eigenvalue weighted by Crippen LogP contribution is 2.40. The molecule has 0 unspecified atom stereocenters. The summed E-state index contributed by atoms with van der Waals surface area (Å²) in [6.45, 7) is 7.12. The molecule has 0 atom stereocenters. The number of likely N-dealkylation sites (tertiary alicyclic amines) is 1. The van der Waals surface area contributed by atoms with Crippen LogP contribution in [0.5, 0.6) is 0 Å². The number of anilines is 1. The zero-order valence-corrected chi connectivity index (χ0v) is 20.1. The quantitative estimate of drug-likeness (QED) is 0.335. The summed E-state index contributed by atoms with van der Waals surface area (Å²) in [7, 11) is 0. The molecule has 2 aromatic carbocycles. The van der Waals surface area contributed by atoms with Gasteiger partial charge in [-0.15, -0.1) is 0 Å². The predicted molar refractivity (Wildman–Crippen MR) is 138 cm³/mol. The fourth-order valence-corrected chi connectivity index (χ4v) is 5.36. The molecular weight excluding hydrogens is 438 g/mol. The summed E-state index contributed by atoms with van der Waals surface area (Å²) in [5.74, 6) is 0.490. The van der Waals surface area contributed by atoms with Crippen LogP contribution < -0.4 is 11.1 Å². The third-order valence-electron chi connectivity index (χ3n) is 7.15. The highest BCUT2D eigenvalue weighted by atomic mass is 16.7. The Balaban J connectivity index is 1.32. The van der Waals surface area contributed by atoms with Crippen LogP contribution >= 0.6 is 0 Å². The van der Waals surface area contributed by atoms with Gasteiger partial charge >= 0.3 is 0 Å². The maximum absolute atomic E-state index is 6.27. The number of ether oxygens (including phenoxy) is 2. The van der Waals surface area contributed by atoms with Crippen LogP contribution in [0.2, 0.25) is 0 Å². The minimum atomic E-state index is -0.325. The van der Waals surface area contributed by atoms with Gasteiger partial charge in [0.1, 0.15) is 11.3 Å². The van der Waals surface area contributed by atoms with Gasteiger partial charge in [-0.3, -0.25) is 9.89 Å². The fourth-order valence-electron chi connectivity index (χ4n) is 5.36. The molecule has 3 heterocycles. The summed E-state index contributed by atoms with van der Waals surface area (Å²) in [6, 6.07) is 21.0. The molecule has 2 fully saturated rings. The van der Waals surface area contributed by atoms with Gasteiger partial charge < -0.3 is 19.6 Å². The van der Waals surface area contributed by atoms with Crippen LogP contribution in [0.4, 0.5) is 5.69 Å². The first-order valence-electron chi connectivity index (χ1n) is 12.5. The number of nitrogen functional groups attached to an aromatic ring is 1. The molecule has 0 bridgehead atoms. The van der Waals surface area contributed by atoms with E-state index >= 15 is 0 Å². The van der Waals surface area contributed by atoms with Gasteiger partial charge in [0.15, 0.2) is 5.79 Å². The molecule has 6 rings (SSSR count). The maximum Gasteiger partial charge on any atom is 0.170 e. The average molecular weight is 470 g/mol. The van der Waals surface area contributed by atoms with Crippen molar-refractivity contribution in [3.63, 3.8) is 0 Å². The van der Waals surface area contributed by atoms with Crippen molar-refractivity contribution in [3.05, 3.63) is 71.6 Å². The molecule has 2 saturated heterocycles. The molecular formula is C29H31N3O3. The van der Waals surface area contributed by atoms with Gasteiger partial charge in [0.05, 0.1) is 18.6 Å². The van der Waals surface area contributed by atoms with E-state index in [1.807, 2.05) is 25.1 Å². The molecule has 4 aliphatic rings. The van der Waals surface area contributed by atoms with E-state index < -0.39 is 0 Å². The second kappa shape index (κ2) is 9.11. The van der Waals surface area contributed by atoms with Gasteiger partial charge in [-0.1, -0.05) is 24.3 Å². The van der Waals surface area contributed by atoms with Crippen molar-refractivity contribution >= 4 is 16.7 Å². The first-order valence-corrected chi connectivity index (χ1v) is 12.5. The molecule has 1 spiro atoms. The van der Waals surface area contributed by atoms with Gasteiger partial charge in [-0.2, -0.15) is 0 Å². The molecule has 2 N–H and O–H groups in total. The molecule has 35 heavy (non-hydrogen) atoms. The third kappa shape index (κ3) is 4.33. The second-order valence-electron chi connectivity index (χ2n) is 9.47. The molecule has 0 radical (unpaired) electrons. The molecule has 1 aliphatic carbocycles. The Morgan fingerprint density at radius 3 is 2.46 bits per heavy atom. The van der Waals surface area contributed by atoms with Gasteiger partial charge in [0, 0.05) is 73.4 Å². The molecule has 6 heteroatoms. The van der Waals surface area contributed by atoms with E-state index in [1.165, 1.54) is 5.56 Å². The summed E-state index contributed by atoms with van der Waals surface area (Å²) in [6.07, 6.45) is 1.87. The summed E-state index contributed by atoms with van der Waals surface area (Å²) in [4.78, 5) is 7.03. The van der Waals surface area contributed by atoms with E-state index in [1.54, 1.807) is 0 Å². The van der Waals surface area contributed by atoms with Crippen molar-refractivity contribution in [2.45, 2.75) is 32.1 Å². The number of nitrogens with two attached hydrogens (primary N) is 1. The van der Waals surface area contributed by atoms with Crippen molar-refractivity contribution in [2.24, 2.45) is 4.99 Å². The zero-order valence-electron chi connectivity index (χ0n) is 20.1. The monoisotopic (exact) mass is 469 g/mol. The Kier molecular flexibility index (Phi) is 5.80. The zero-order chi connectivity index (χ0) is 23.8. The minimum absolute atomic E-state index is 0.325. The highest BCUT2D eigenvalue weighted by molar-refractivity contribution is 6.02. The van der Waals surface area contributed by atoms with Gasteiger partial charge in [-0.25, -0.2) is 0 Å². The van der Waals surface area contributed by atoms with Crippen molar-refractivity contribution in [3.8, 4) is 22.5 Å². The van der Waals surface area contributed by atoms with Gasteiger partial charge in [0.25, 0.3) is 0 Å². The Bertz CT molecular complexity index is 1380. The fraction of sp³-hybridized carbons (Fsp3) is 0.345. The first-order chi connectivity index (χ1) is 17.1. The summed E-state index contributed by atoms with van der Waals surface area (Å²) >= 11 is 0. The number of nitrogens with zero attached hydrogens (tertiary/aromatic N) is 2. The predicted octanol–water partition coefficient (Wildman–Crippen LogP) is 5.05. The van der Waals surface area contributed by atoms with E-state index in [4.69, 9.17) is 19.6 Å². The minimum Gasteiger partial charge on any atom is -0.456 e. The molecule has 0 amide bonds. The van der Waals surface area contributed by atoms with Crippen molar-refractivity contribution < 1.29 is 13.9 Å². The third-order valence-corrected chi connectivity index (χ3v) is 7.15. The van der Waals surface area contributed by atoms with E-state index in [0.29, 0.717) is 5.69 Å². The topological polar surface area (TPSA) is 73.2 Å². The lowest BCUT2D eigenvalue weighted by Crippen LogP contribution is -2.44. The summed E-state index contributed by atoms with van der Waals surface area (Å²) < 4.78 is 18.0. The standard InChI is InChI=1S/C29H31N3O3/c1-2-31-23-8-10-25-27(18-23)35-26-17-22(30)7-9-24(26)28(25)21-5-3-20(4-6-21)19-32-13-11-29(12-14-32)33-15-16-34-29/h3-10,17-18H,2,11-16,19,30H2,1H3. The maximum atomic E-state index is 6.27. The van der Waals surface area contributed by atoms with Crippen molar-refractivity contribution in [2.75, 3.05) is 38.6 Å². The SMILES string of the molecule is CCN=c1ccc2c(-c3ccc(CN4CCC5(CC4)OCCO5)cc3)c3ccc(N)cc3oc-2c1. The van der Waals surface area contributed by atoms with E-state index in [-0.39, 0.29) is 5.79 Å². The first kappa shape index (κ1) is 22.3. The van der Waals surface area contributed by atoms with Crippen LogP contribution in [0.3, 0.4) is 0 Å². The Labute approximate surface area is 205 Å². The normalized spacial score (nSPS) is 18.7. The van der Waals surface area contributed by atoms with Crippen LogP contribution in [0.25, 0.3) is 33.4 Å². The highest BCUT2D eigenvalue weighted by Gasteiger charge is 2.39. The summed E-state index contributed by atoms with van der Waals surface area (Å²) in [5.41, 5.74) is 12.3. The van der Waals surface area contributed by atoms with E-state index in [9.17, 15) is 0 Å². The van der Waals surface area contributed by atoms with E-state index in [2.05, 4.69) is 52.4 Å². The number of fused-ring (bicyclic) bond motifs is 2. The average Bonchev–Trinajstić information content (AvgIpc) is 3.33. The lowest BCUT2D eigenvalue weighted by Gasteiger charge is -2.37. The Morgan fingerprint density at radius 1 is 0.943 bits per heavy atom. The van der Waals surface area contributed by atoms with Crippen LogP contribution in [0, 0.1) is 0 Å². The van der Waals surface area contributed by atoms with Gasteiger partial charge in [-0.05, 0) is 42.3 Å². The number of rotatable bonds is 4. The largest absolute Gasteiger partial charge is 0.456 e. The molecule has 0 saturated carbocycles. The number of hydrogen-bond acceptors (Lipinski definition) is 6. The number of hydrogen-bond donors (Lipinski definition) is 1. The van der Waals surface area contributed by atoms with Crippen LogP contribution in [-0.4, -0.2) is 43.5 Å². The van der Waals surface area contributed by atoms with Crippen LogP contribution in [-0.2, 0) is 16.0 Å². The van der Waals surface area contributed by atoms with E-state index in [0.717, 1.165) is 91.0 Å². The van der Waals surface area contributed by atoms with Gasteiger partial charge in [0.2, 0.25) is 0 Å². The smallest absolute Gasteiger partial charge is 0.170 e. The number of benzene rings is 3. The molecule has 0 aromatic heterocycles. The van der Waals surface area contributed by atoms with Crippen molar-refractivity contribution in [1.82, 2.24) is 4.90 Å². The van der Waals surface area contributed by atoms with Crippen LogP contribution in [0.1, 0.15) is 25.3 Å². The van der Waals surface area contributed by atoms with Crippen LogP contribution in [0.15, 0.2) is 70.1 Å². The summed E-state index contributed by atoms with van der Waals surface area (Å²) in [5, 5.41) is 1.97.